The number of methoxy groups -OCH3 is 1. The molecular formula is C15H20N4O2. The Labute approximate surface area is 123 Å². The maximum absolute atomic E-state index is 12.4. The number of anilines is 1. The fraction of sp³-hybridized carbons (Fsp3) is 0.333. The van der Waals surface area contributed by atoms with Gasteiger partial charge in [-0.2, -0.15) is 5.10 Å². The molecule has 0 saturated heterocycles. The van der Waals surface area contributed by atoms with Crippen LogP contribution in [0, 0.1) is 6.92 Å². The Balaban J connectivity index is 2.23. The fourth-order valence-corrected chi connectivity index (χ4v) is 2.31. The molecule has 0 saturated carbocycles. The van der Waals surface area contributed by atoms with Gasteiger partial charge in [0.05, 0.1) is 24.5 Å². The Kier molecular flexibility index (Phi) is 4.16. The minimum atomic E-state index is -0.256. The van der Waals surface area contributed by atoms with Gasteiger partial charge in [0.2, 0.25) is 0 Å². The molecule has 6 heteroatoms. The summed E-state index contributed by atoms with van der Waals surface area (Å²) >= 11 is 0. The standard InChI is InChI=1S/C15H20N4O2/c1-9(11-7-5-6-8-12(11)21-4)17-15(20)14-13(16)10(2)18-19(14)3/h5-9H,16H2,1-4H3,(H,17,20). The zero-order valence-corrected chi connectivity index (χ0v) is 12.7. The van der Waals surface area contributed by atoms with Crippen molar-refractivity contribution in [2.24, 2.45) is 7.05 Å². The molecule has 0 aliphatic heterocycles. The minimum Gasteiger partial charge on any atom is -0.496 e. The molecule has 1 unspecified atom stereocenters. The van der Waals surface area contributed by atoms with Crippen molar-refractivity contribution in [3.05, 3.63) is 41.2 Å². The Morgan fingerprint density at radius 3 is 2.67 bits per heavy atom. The first-order valence-electron chi connectivity index (χ1n) is 6.68. The van der Waals surface area contributed by atoms with Gasteiger partial charge in [-0.15, -0.1) is 0 Å². The number of rotatable bonds is 4. The van der Waals surface area contributed by atoms with Crippen LogP contribution >= 0.6 is 0 Å². The molecule has 2 aromatic rings. The van der Waals surface area contributed by atoms with Crippen molar-refractivity contribution in [3.63, 3.8) is 0 Å². The summed E-state index contributed by atoms with van der Waals surface area (Å²) in [5.74, 6) is 0.480. The molecule has 2 rings (SSSR count). The van der Waals surface area contributed by atoms with Gasteiger partial charge in [-0.25, -0.2) is 0 Å². The second kappa shape index (κ2) is 5.87. The van der Waals surface area contributed by atoms with E-state index in [0.29, 0.717) is 17.1 Å². The molecule has 112 valence electrons. The van der Waals surface area contributed by atoms with Crippen LogP contribution < -0.4 is 15.8 Å². The number of ether oxygens (including phenoxy) is 1. The van der Waals surface area contributed by atoms with E-state index >= 15 is 0 Å². The molecule has 0 spiro atoms. The first-order valence-corrected chi connectivity index (χ1v) is 6.68. The maximum atomic E-state index is 12.4. The largest absolute Gasteiger partial charge is 0.496 e. The molecule has 3 N–H and O–H groups in total. The number of carbonyl (C=O) groups excluding carboxylic acids is 1. The van der Waals surface area contributed by atoms with Crippen molar-refractivity contribution >= 4 is 11.6 Å². The third kappa shape index (κ3) is 2.84. The molecule has 21 heavy (non-hydrogen) atoms. The van der Waals surface area contributed by atoms with E-state index in [-0.39, 0.29) is 11.9 Å². The SMILES string of the molecule is COc1ccccc1C(C)NC(=O)c1c(N)c(C)nn1C. The number of benzene rings is 1. The van der Waals surface area contributed by atoms with Gasteiger partial charge in [-0.3, -0.25) is 9.48 Å². The summed E-state index contributed by atoms with van der Waals surface area (Å²) in [4.78, 5) is 12.4. The Bertz CT molecular complexity index is 664. The quantitative estimate of drug-likeness (QED) is 0.899. The highest BCUT2D eigenvalue weighted by Gasteiger charge is 2.21. The molecule has 0 fully saturated rings. The van der Waals surface area contributed by atoms with Crippen molar-refractivity contribution < 1.29 is 9.53 Å². The molecular weight excluding hydrogens is 268 g/mol. The number of carbonyl (C=O) groups is 1. The first kappa shape index (κ1) is 14.9. The van der Waals surface area contributed by atoms with E-state index in [4.69, 9.17) is 10.5 Å². The second-order valence-electron chi connectivity index (χ2n) is 4.91. The lowest BCUT2D eigenvalue weighted by atomic mass is 10.1. The molecule has 0 radical (unpaired) electrons. The highest BCUT2D eigenvalue weighted by atomic mass is 16.5. The summed E-state index contributed by atoms with van der Waals surface area (Å²) < 4.78 is 6.81. The molecule has 1 aromatic heterocycles. The predicted molar refractivity (Wildman–Crippen MR) is 81.2 cm³/mol. The van der Waals surface area contributed by atoms with E-state index in [9.17, 15) is 4.79 Å². The van der Waals surface area contributed by atoms with E-state index in [2.05, 4.69) is 10.4 Å². The van der Waals surface area contributed by atoms with Gasteiger partial charge in [-0.05, 0) is 19.9 Å². The van der Waals surface area contributed by atoms with Crippen LogP contribution in [0.25, 0.3) is 0 Å². The lowest BCUT2D eigenvalue weighted by Crippen LogP contribution is -2.29. The van der Waals surface area contributed by atoms with Gasteiger partial charge in [-0.1, -0.05) is 18.2 Å². The van der Waals surface area contributed by atoms with E-state index in [1.165, 1.54) is 4.68 Å². The number of hydrogen-bond donors (Lipinski definition) is 2. The van der Waals surface area contributed by atoms with Crippen LogP contribution in [0.4, 0.5) is 5.69 Å². The predicted octanol–water partition coefficient (Wildman–Crippen LogP) is 1.81. The molecule has 1 aromatic carbocycles. The Hall–Kier alpha value is -2.50. The average Bonchev–Trinajstić information content (AvgIpc) is 2.71. The van der Waals surface area contributed by atoms with Crippen molar-refractivity contribution in [3.8, 4) is 5.75 Å². The zero-order valence-electron chi connectivity index (χ0n) is 12.7. The van der Waals surface area contributed by atoms with Crippen molar-refractivity contribution in [2.45, 2.75) is 19.9 Å². The summed E-state index contributed by atoms with van der Waals surface area (Å²) in [6.45, 7) is 3.67. The summed E-state index contributed by atoms with van der Waals surface area (Å²) in [5, 5.41) is 7.07. The highest BCUT2D eigenvalue weighted by molar-refractivity contribution is 5.98. The third-order valence-corrected chi connectivity index (χ3v) is 3.44. The van der Waals surface area contributed by atoms with E-state index in [1.807, 2.05) is 31.2 Å². The molecule has 1 heterocycles. The highest BCUT2D eigenvalue weighted by Crippen LogP contribution is 2.25. The molecule has 0 aliphatic carbocycles. The lowest BCUT2D eigenvalue weighted by molar-refractivity contribution is 0.0931. The number of amides is 1. The fourth-order valence-electron chi connectivity index (χ4n) is 2.31. The molecule has 1 amide bonds. The molecule has 0 bridgehead atoms. The summed E-state index contributed by atoms with van der Waals surface area (Å²) in [6.07, 6.45) is 0. The van der Waals surface area contributed by atoms with Gasteiger partial charge < -0.3 is 15.8 Å². The zero-order chi connectivity index (χ0) is 15.6. The number of para-hydroxylation sites is 1. The van der Waals surface area contributed by atoms with Gasteiger partial charge in [0.1, 0.15) is 11.4 Å². The van der Waals surface area contributed by atoms with Gasteiger partial charge in [0.25, 0.3) is 5.91 Å². The van der Waals surface area contributed by atoms with Crippen LogP contribution in [0.1, 0.15) is 34.7 Å². The smallest absolute Gasteiger partial charge is 0.272 e. The Morgan fingerprint density at radius 1 is 1.43 bits per heavy atom. The lowest BCUT2D eigenvalue weighted by Gasteiger charge is -2.17. The summed E-state index contributed by atoms with van der Waals surface area (Å²) in [6, 6.07) is 7.37. The normalized spacial score (nSPS) is 12.0. The van der Waals surface area contributed by atoms with Crippen LogP contribution in [0.3, 0.4) is 0 Å². The van der Waals surface area contributed by atoms with Crippen LogP contribution in [0.5, 0.6) is 5.75 Å². The monoisotopic (exact) mass is 288 g/mol. The number of aryl methyl sites for hydroxylation is 2. The van der Waals surface area contributed by atoms with Crippen molar-refractivity contribution in [2.75, 3.05) is 12.8 Å². The third-order valence-electron chi connectivity index (χ3n) is 3.44. The maximum Gasteiger partial charge on any atom is 0.272 e. The van der Waals surface area contributed by atoms with Gasteiger partial charge in [0.15, 0.2) is 0 Å². The minimum absolute atomic E-state index is 0.205. The number of nitrogens with zero attached hydrogens (tertiary/aromatic N) is 2. The van der Waals surface area contributed by atoms with Crippen LogP contribution in [0.2, 0.25) is 0 Å². The number of nitrogen functional groups attached to an aromatic ring is 1. The molecule has 0 aliphatic rings. The molecule has 6 nitrogen and oxygen atoms in total. The van der Waals surface area contributed by atoms with E-state index in [1.54, 1.807) is 21.1 Å². The van der Waals surface area contributed by atoms with Crippen LogP contribution in [-0.4, -0.2) is 22.8 Å². The molecule has 1 atom stereocenters. The average molecular weight is 288 g/mol. The van der Waals surface area contributed by atoms with Gasteiger partial charge >= 0.3 is 0 Å². The van der Waals surface area contributed by atoms with Crippen molar-refractivity contribution in [1.82, 2.24) is 15.1 Å². The summed E-state index contributed by atoms with van der Waals surface area (Å²) in [7, 11) is 3.31. The van der Waals surface area contributed by atoms with E-state index < -0.39 is 0 Å². The van der Waals surface area contributed by atoms with Gasteiger partial charge in [0, 0.05) is 12.6 Å². The number of aromatic nitrogens is 2. The topological polar surface area (TPSA) is 82.2 Å². The number of nitrogens with one attached hydrogen (secondary N) is 1. The summed E-state index contributed by atoms with van der Waals surface area (Å²) in [5.41, 5.74) is 8.23. The van der Waals surface area contributed by atoms with E-state index in [0.717, 1.165) is 11.3 Å². The first-order chi connectivity index (χ1) is 9.95. The Morgan fingerprint density at radius 2 is 2.10 bits per heavy atom. The van der Waals surface area contributed by atoms with Crippen molar-refractivity contribution in [1.29, 1.82) is 0 Å². The number of hydrogen-bond acceptors (Lipinski definition) is 4. The second-order valence-corrected chi connectivity index (χ2v) is 4.91. The van der Waals surface area contributed by atoms with Crippen LogP contribution in [0.15, 0.2) is 24.3 Å². The van der Waals surface area contributed by atoms with Crippen LogP contribution in [-0.2, 0) is 7.05 Å². The number of nitrogens with two attached hydrogens (primary N) is 1.